The summed E-state index contributed by atoms with van der Waals surface area (Å²) in [5, 5.41) is 44.3. The zero-order valence-electron chi connectivity index (χ0n) is 28.1. The Morgan fingerprint density at radius 3 is 1.92 bits per heavy atom. The normalized spacial score (nSPS) is 41.9. The number of amides is 4. The molecule has 6 fully saturated rings. The molecule has 0 radical (unpaired) electrons. The Kier molecular flexibility index (Phi) is 7.09. The first-order chi connectivity index (χ1) is 24.3. The van der Waals surface area contributed by atoms with Gasteiger partial charge in [-0.05, 0) is 70.4 Å². The second-order valence-electron chi connectivity index (χ2n) is 14.3. The van der Waals surface area contributed by atoms with Crippen molar-refractivity contribution in [3.8, 4) is 0 Å². The second-order valence-corrected chi connectivity index (χ2v) is 20.5. The molecule has 2 aromatic carbocycles. The monoisotopic (exact) mass is 772 g/mol. The Hall–Kier alpha value is -2.84. The van der Waals surface area contributed by atoms with Crippen LogP contribution in [0.1, 0.15) is 25.0 Å². The number of piperazine rings is 2. The lowest BCUT2D eigenvalue weighted by molar-refractivity contribution is -0.218. The fraction of sp³-hybridized carbons (Fsp3) is 0.515. The Balaban J connectivity index is 1.43. The van der Waals surface area contributed by atoms with Crippen molar-refractivity contribution >= 4 is 76.2 Å². The molecule has 8 aliphatic heterocycles. The highest BCUT2D eigenvalue weighted by Crippen LogP contribution is 2.76. The molecule has 10 atom stereocenters. The summed E-state index contributed by atoms with van der Waals surface area (Å²) in [4.78, 5) is 61.8. The van der Waals surface area contributed by atoms with Gasteiger partial charge in [0.15, 0.2) is 4.87 Å². The number of hydrogen-bond acceptors (Lipinski definition) is 14. The number of nitrogens with zero attached hydrogens (tertiary/aromatic N) is 4. The zero-order chi connectivity index (χ0) is 36.2. The summed E-state index contributed by atoms with van der Waals surface area (Å²) in [7, 11) is 9.25. The molecular formula is C33H36N6O8S4. The first-order valence-corrected chi connectivity index (χ1v) is 21.3. The van der Waals surface area contributed by atoms with E-state index >= 15 is 9.59 Å². The highest BCUT2D eigenvalue weighted by molar-refractivity contribution is 9.26. The molecule has 4 amide bonds. The lowest BCUT2D eigenvalue weighted by Crippen LogP contribution is -2.76. The third-order valence-electron chi connectivity index (χ3n) is 12.6. The zero-order valence-corrected chi connectivity index (χ0v) is 31.4. The van der Waals surface area contributed by atoms with Crippen molar-refractivity contribution in [2.45, 2.75) is 70.7 Å². The van der Waals surface area contributed by atoms with Gasteiger partial charge in [-0.25, -0.2) is 0 Å². The first-order valence-electron chi connectivity index (χ1n) is 16.5. The summed E-state index contributed by atoms with van der Waals surface area (Å²) in [5.74, 6) is -2.66. The standard InChI is InChI=1S/C33H36N6O8S4/c1-15(2)32-28(46)39-25-30(17-11-7-9-13-19(17)35-25,23(43)33(39,27(45)37(32)4)49-51-50-48-32)29-16-10-6-8-12-18(16)34-24(29)38-21(41)20(14-40)36(3)26(44)31(38,47-5)22(29)42/h6-13,15,20,22-25,34-35,40,42-43H,14H2,1-5H3/t20-,22-,23-,24-,25+,29?,30+,31-,32-,33?/m0/s1. The average Bonchev–Trinajstić information content (AvgIpc) is 3.76. The Bertz CT molecular complexity index is 1940. The molecule has 8 heterocycles. The summed E-state index contributed by atoms with van der Waals surface area (Å²) in [6.45, 7) is 3.08. The molecule has 0 aromatic heterocycles. The van der Waals surface area contributed by atoms with Crippen LogP contribution in [0.5, 0.6) is 0 Å². The predicted octanol–water partition coefficient (Wildman–Crippen LogP) is 1.16. The highest BCUT2D eigenvalue weighted by atomic mass is 33.7. The van der Waals surface area contributed by atoms with Crippen LogP contribution in [0.4, 0.5) is 11.4 Å². The topological polar surface area (TPSA) is 175 Å². The van der Waals surface area contributed by atoms with Crippen LogP contribution in [-0.2, 0) is 34.7 Å². The van der Waals surface area contributed by atoms with Crippen LogP contribution in [0.15, 0.2) is 48.5 Å². The van der Waals surface area contributed by atoms with E-state index in [9.17, 15) is 24.9 Å². The number of methoxy groups -OCH3 is 1. The van der Waals surface area contributed by atoms with Gasteiger partial charge in [0.05, 0.1) is 17.4 Å². The van der Waals surface area contributed by atoms with E-state index < -0.39 is 81.2 Å². The van der Waals surface area contributed by atoms with Crippen molar-refractivity contribution in [2.24, 2.45) is 5.92 Å². The maximum Gasteiger partial charge on any atom is 0.279 e. The number of rotatable bonds is 4. The molecular weight excluding hydrogens is 737 g/mol. The van der Waals surface area contributed by atoms with Crippen LogP contribution < -0.4 is 10.6 Å². The molecule has 2 unspecified atom stereocenters. The quantitative estimate of drug-likeness (QED) is 0.280. The number of anilines is 2. The SMILES string of the molecule is CO[C@@]12C(=O)N(C)[C@@H](CO)C(=O)N1[C@@H]1Nc3ccccc3C1([C@@]13c4ccccc4N[C@@H]1N1C(=O)[C@]4(C(C)C)SSSSC1(C(=O)N4C)[C@H]3O)[C@@H]2O. The smallest absolute Gasteiger partial charge is 0.279 e. The van der Waals surface area contributed by atoms with Crippen molar-refractivity contribution in [2.75, 3.05) is 38.4 Å². The van der Waals surface area contributed by atoms with E-state index in [1.807, 2.05) is 26.0 Å². The Morgan fingerprint density at radius 2 is 1.35 bits per heavy atom. The summed E-state index contributed by atoms with van der Waals surface area (Å²) in [6, 6.07) is 13.0. The molecule has 0 aliphatic carbocycles. The van der Waals surface area contributed by atoms with E-state index in [4.69, 9.17) is 4.74 Å². The lowest BCUT2D eigenvalue weighted by atomic mass is 9.51. The van der Waals surface area contributed by atoms with E-state index in [-0.39, 0.29) is 11.8 Å². The number of carbonyl (C=O) groups is 4. The van der Waals surface area contributed by atoms with Crippen LogP contribution in [-0.4, -0.2) is 132 Å². The van der Waals surface area contributed by atoms with Gasteiger partial charge in [-0.1, -0.05) is 50.2 Å². The van der Waals surface area contributed by atoms with Gasteiger partial charge in [0.2, 0.25) is 4.87 Å². The largest absolute Gasteiger partial charge is 0.394 e. The van der Waals surface area contributed by atoms with Crippen LogP contribution in [0.25, 0.3) is 0 Å². The number of benzene rings is 2. The summed E-state index contributed by atoms with van der Waals surface area (Å²) in [6.07, 6.45) is -6.05. The van der Waals surface area contributed by atoms with Crippen molar-refractivity contribution in [1.82, 2.24) is 19.6 Å². The van der Waals surface area contributed by atoms with E-state index in [1.54, 1.807) is 43.4 Å². The Morgan fingerprint density at radius 1 is 0.804 bits per heavy atom. The van der Waals surface area contributed by atoms with Gasteiger partial charge in [0, 0.05) is 32.6 Å². The molecule has 10 rings (SSSR count). The number of hydrogen-bond donors (Lipinski definition) is 5. The number of aliphatic hydroxyl groups is 3. The van der Waals surface area contributed by atoms with Gasteiger partial charge < -0.3 is 40.5 Å². The average molecular weight is 773 g/mol. The van der Waals surface area contributed by atoms with Crippen molar-refractivity contribution < 1.29 is 39.2 Å². The number of fused-ring (bicyclic) bond motifs is 13. The summed E-state index contributed by atoms with van der Waals surface area (Å²) < 4.78 is 6.06. The van der Waals surface area contributed by atoms with Gasteiger partial charge in [0.1, 0.15) is 30.6 Å². The first kappa shape index (κ1) is 34.0. The van der Waals surface area contributed by atoms with E-state index in [0.29, 0.717) is 22.5 Å². The minimum absolute atomic E-state index is 0.349. The van der Waals surface area contributed by atoms with E-state index in [1.165, 1.54) is 59.3 Å². The van der Waals surface area contributed by atoms with Gasteiger partial charge in [-0.3, -0.25) is 29.0 Å². The highest BCUT2D eigenvalue weighted by Gasteiger charge is 2.91. The minimum atomic E-state index is -2.33. The third kappa shape index (κ3) is 3.25. The second kappa shape index (κ2) is 10.6. The Labute approximate surface area is 308 Å². The van der Waals surface area contributed by atoms with Gasteiger partial charge in [0.25, 0.3) is 29.4 Å². The van der Waals surface area contributed by atoms with Gasteiger partial charge in [-0.15, -0.1) is 0 Å². The number of ether oxygens (including phenoxy) is 1. The molecule has 14 nitrogen and oxygen atoms in total. The van der Waals surface area contributed by atoms with Crippen LogP contribution >= 0.6 is 41.2 Å². The summed E-state index contributed by atoms with van der Waals surface area (Å²) >= 11 is 0. The fourth-order valence-corrected chi connectivity index (χ4v) is 18.6. The maximum absolute atomic E-state index is 15.4. The predicted molar refractivity (Wildman–Crippen MR) is 194 cm³/mol. The molecule has 5 N–H and O–H groups in total. The van der Waals surface area contributed by atoms with Gasteiger partial charge in [-0.2, -0.15) is 0 Å². The number of carbonyl (C=O) groups excluding carboxylic acids is 4. The van der Waals surface area contributed by atoms with E-state index in [0.717, 1.165) is 15.7 Å². The minimum Gasteiger partial charge on any atom is -0.394 e. The molecule has 2 bridgehead atoms. The van der Waals surface area contributed by atoms with Gasteiger partial charge >= 0.3 is 0 Å². The van der Waals surface area contributed by atoms with Crippen molar-refractivity contribution in [3.63, 3.8) is 0 Å². The van der Waals surface area contributed by atoms with Crippen LogP contribution in [0.2, 0.25) is 0 Å². The molecule has 51 heavy (non-hydrogen) atoms. The number of nitrogens with one attached hydrogen (secondary N) is 2. The molecule has 1 spiro atoms. The number of para-hydroxylation sites is 2. The van der Waals surface area contributed by atoms with E-state index in [2.05, 4.69) is 10.6 Å². The number of likely N-dealkylation sites (N-methyl/N-ethyl adjacent to an activating group) is 2. The van der Waals surface area contributed by atoms with Crippen molar-refractivity contribution in [1.29, 1.82) is 0 Å². The molecule has 8 aliphatic rings. The molecule has 6 saturated heterocycles. The summed E-state index contributed by atoms with van der Waals surface area (Å²) in [5.41, 5.74) is -3.94. The molecule has 18 heteroatoms. The van der Waals surface area contributed by atoms with Crippen LogP contribution in [0, 0.1) is 5.92 Å². The third-order valence-corrected chi connectivity index (χ3v) is 20.1. The number of aliphatic hydroxyl groups excluding tert-OH is 3. The molecule has 270 valence electrons. The van der Waals surface area contributed by atoms with Crippen molar-refractivity contribution in [3.05, 3.63) is 59.7 Å². The van der Waals surface area contributed by atoms with Crippen LogP contribution in [0.3, 0.4) is 0 Å². The molecule has 0 saturated carbocycles. The maximum atomic E-state index is 15.4. The lowest BCUT2D eigenvalue weighted by Gasteiger charge is -2.56. The fourth-order valence-electron chi connectivity index (χ4n) is 10.5. The molecule has 2 aromatic rings.